The van der Waals surface area contributed by atoms with Gasteiger partial charge in [-0.15, -0.1) is 0 Å². The summed E-state index contributed by atoms with van der Waals surface area (Å²) in [5.41, 5.74) is 2.65. The van der Waals surface area contributed by atoms with Crippen LogP contribution in [0, 0.1) is 19.8 Å². The average molecular weight is 398 g/mol. The van der Waals surface area contributed by atoms with Gasteiger partial charge in [0.05, 0.1) is 6.54 Å². The Labute approximate surface area is 159 Å². The Bertz CT molecular complexity index is 797. The van der Waals surface area contributed by atoms with Crippen molar-refractivity contribution in [2.75, 3.05) is 31.5 Å². The molecule has 150 valence electrons. The number of nitrogens with zero attached hydrogens (tertiary/aromatic N) is 1. The Morgan fingerprint density at radius 3 is 2.74 bits per heavy atom. The topological polar surface area (TPSA) is 134 Å². The van der Waals surface area contributed by atoms with Crippen molar-refractivity contribution in [2.24, 2.45) is 11.1 Å². The molecule has 0 bridgehead atoms. The molecule has 0 radical (unpaired) electrons. The number of nitrogens with one attached hydrogen (secondary N) is 3. The van der Waals surface area contributed by atoms with E-state index in [9.17, 15) is 18.0 Å². The van der Waals surface area contributed by atoms with Crippen LogP contribution >= 0.6 is 0 Å². The van der Waals surface area contributed by atoms with Crippen LogP contribution < -0.4 is 20.5 Å². The third-order valence-corrected chi connectivity index (χ3v) is 5.22. The maximum absolute atomic E-state index is 12.1. The molecule has 27 heavy (non-hydrogen) atoms. The van der Waals surface area contributed by atoms with E-state index < -0.39 is 22.1 Å². The molecule has 9 nitrogen and oxygen atoms in total. The van der Waals surface area contributed by atoms with Gasteiger partial charge in [-0.1, -0.05) is 12.1 Å². The zero-order chi connectivity index (χ0) is 20.0. The summed E-state index contributed by atoms with van der Waals surface area (Å²) in [4.78, 5) is 26.1. The Morgan fingerprint density at radius 1 is 1.30 bits per heavy atom. The first-order valence-electron chi connectivity index (χ1n) is 8.81. The van der Waals surface area contributed by atoms with Crippen LogP contribution in [0.5, 0.6) is 0 Å². The highest BCUT2D eigenvalue weighted by atomic mass is 32.2. The molecule has 0 saturated carbocycles. The summed E-state index contributed by atoms with van der Waals surface area (Å²) in [5, 5.41) is 9.96. The van der Waals surface area contributed by atoms with Crippen LogP contribution in [-0.4, -0.2) is 51.4 Å². The van der Waals surface area contributed by atoms with Crippen molar-refractivity contribution in [1.29, 1.82) is 0 Å². The zero-order valence-corrected chi connectivity index (χ0v) is 16.4. The van der Waals surface area contributed by atoms with Gasteiger partial charge in [0.2, 0.25) is 5.91 Å². The molecule has 1 aromatic carbocycles. The van der Waals surface area contributed by atoms with Crippen LogP contribution in [0.3, 0.4) is 0 Å². The molecule has 1 aromatic rings. The maximum atomic E-state index is 12.1. The monoisotopic (exact) mass is 397 g/mol. The van der Waals surface area contributed by atoms with Crippen LogP contribution in [0.2, 0.25) is 0 Å². The number of anilines is 1. The molecule has 3 amide bonds. The van der Waals surface area contributed by atoms with E-state index in [1.54, 1.807) is 6.07 Å². The van der Waals surface area contributed by atoms with Crippen molar-refractivity contribution in [3.05, 3.63) is 29.3 Å². The molecule has 2 rings (SSSR count). The third kappa shape index (κ3) is 7.25. The first-order valence-corrected chi connectivity index (χ1v) is 10.4. The second-order valence-corrected chi connectivity index (χ2v) is 8.27. The quantitative estimate of drug-likeness (QED) is 0.553. The molecule has 5 N–H and O–H groups in total. The van der Waals surface area contributed by atoms with Gasteiger partial charge in [0.1, 0.15) is 0 Å². The summed E-state index contributed by atoms with van der Waals surface area (Å²) in [6, 6.07) is 4.99. The SMILES string of the molecule is Cc1cccc(NC(=O)NC(=O)CN2CCC[C@@H](CNS(N)(=O)=O)C2)c1C. The smallest absolute Gasteiger partial charge is 0.307 e. The molecule has 0 aliphatic carbocycles. The summed E-state index contributed by atoms with van der Waals surface area (Å²) < 4.78 is 24.3. The first-order chi connectivity index (χ1) is 12.6. The number of urea groups is 1. The number of carbonyl (C=O) groups is 2. The number of nitrogens with two attached hydrogens (primary N) is 1. The minimum absolute atomic E-state index is 0.0755. The van der Waals surface area contributed by atoms with Gasteiger partial charge in [-0.3, -0.25) is 15.0 Å². The average Bonchev–Trinajstić information content (AvgIpc) is 2.57. The standard InChI is InChI=1S/C17H27N5O4S/c1-12-5-3-7-15(13(12)2)20-17(24)21-16(23)11-22-8-4-6-14(10-22)9-19-27(18,25)26/h3,5,7,14,19H,4,6,8-11H2,1-2H3,(H2,18,25,26)(H2,20,21,23,24)/t14-/m0/s1. The fourth-order valence-electron chi connectivity index (χ4n) is 3.10. The molecule has 1 aliphatic heterocycles. The van der Waals surface area contributed by atoms with E-state index in [2.05, 4.69) is 15.4 Å². The van der Waals surface area contributed by atoms with Gasteiger partial charge in [-0.05, 0) is 56.3 Å². The molecule has 1 aliphatic rings. The van der Waals surface area contributed by atoms with Crippen molar-refractivity contribution in [3.63, 3.8) is 0 Å². The zero-order valence-electron chi connectivity index (χ0n) is 15.6. The molecule has 0 spiro atoms. The highest BCUT2D eigenvalue weighted by Crippen LogP contribution is 2.18. The minimum atomic E-state index is -3.72. The van der Waals surface area contributed by atoms with Crippen molar-refractivity contribution < 1.29 is 18.0 Å². The van der Waals surface area contributed by atoms with Crippen LogP contribution in [-0.2, 0) is 15.0 Å². The van der Waals surface area contributed by atoms with Gasteiger partial charge in [-0.25, -0.2) is 14.7 Å². The van der Waals surface area contributed by atoms with E-state index in [1.165, 1.54) is 0 Å². The van der Waals surface area contributed by atoms with E-state index in [0.29, 0.717) is 12.2 Å². The van der Waals surface area contributed by atoms with E-state index in [1.807, 2.05) is 30.9 Å². The number of rotatable bonds is 6. The molecule has 0 unspecified atom stereocenters. The van der Waals surface area contributed by atoms with Crippen LogP contribution in [0.4, 0.5) is 10.5 Å². The van der Waals surface area contributed by atoms with Crippen molar-refractivity contribution in [1.82, 2.24) is 14.9 Å². The minimum Gasteiger partial charge on any atom is -0.307 e. The van der Waals surface area contributed by atoms with Gasteiger partial charge >= 0.3 is 6.03 Å². The number of carbonyl (C=O) groups excluding carboxylic acids is 2. The Kier molecular flexibility index (Phi) is 7.31. The third-order valence-electron chi connectivity index (χ3n) is 4.65. The summed E-state index contributed by atoms with van der Waals surface area (Å²) in [6.07, 6.45) is 1.70. The van der Waals surface area contributed by atoms with E-state index in [0.717, 1.165) is 30.5 Å². The lowest BCUT2D eigenvalue weighted by molar-refractivity contribution is -0.121. The predicted octanol–water partition coefficient (Wildman–Crippen LogP) is 0.457. The van der Waals surface area contributed by atoms with Crippen molar-refractivity contribution >= 4 is 27.8 Å². The molecule has 10 heteroatoms. The lowest BCUT2D eigenvalue weighted by Crippen LogP contribution is -2.47. The van der Waals surface area contributed by atoms with Crippen molar-refractivity contribution in [3.8, 4) is 0 Å². The fourth-order valence-corrected chi connectivity index (χ4v) is 3.57. The Morgan fingerprint density at radius 2 is 2.04 bits per heavy atom. The highest BCUT2D eigenvalue weighted by molar-refractivity contribution is 7.87. The number of likely N-dealkylation sites (tertiary alicyclic amines) is 1. The van der Waals surface area contributed by atoms with Gasteiger partial charge in [-0.2, -0.15) is 8.42 Å². The maximum Gasteiger partial charge on any atom is 0.325 e. The van der Waals surface area contributed by atoms with E-state index in [-0.39, 0.29) is 19.0 Å². The molecule has 1 saturated heterocycles. The normalized spacial score (nSPS) is 18.1. The number of aryl methyl sites for hydroxylation is 1. The lowest BCUT2D eigenvalue weighted by atomic mass is 9.98. The van der Waals surface area contributed by atoms with Gasteiger partial charge < -0.3 is 5.32 Å². The summed E-state index contributed by atoms with van der Waals surface area (Å²) in [6.45, 7) is 5.44. The van der Waals surface area contributed by atoms with E-state index >= 15 is 0 Å². The van der Waals surface area contributed by atoms with Crippen LogP contribution in [0.15, 0.2) is 18.2 Å². The van der Waals surface area contributed by atoms with Crippen LogP contribution in [0.25, 0.3) is 0 Å². The fraction of sp³-hybridized carbons (Fsp3) is 0.529. The summed E-state index contributed by atoms with van der Waals surface area (Å²) >= 11 is 0. The number of amides is 3. The summed E-state index contributed by atoms with van der Waals surface area (Å²) in [5.74, 6) is -0.327. The van der Waals surface area contributed by atoms with Gasteiger partial charge in [0.25, 0.3) is 10.2 Å². The highest BCUT2D eigenvalue weighted by Gasteiger charge is 2.23. The number of hydrogen-bond donors (Lipinski definition) is 4. The number of imide groups is 1. The molecule has 1 heterocycles. The van der Waals surface area contributed by atoms with Crippen LogP contribution in [0.1, 0.15) is 24.0 Å². The van der Waals surface area contributed by atoms with Gasteiger partial charge in [0.15, 0.2) is 0 Å². The van der Waals surface area contributed by atoms with Crippen molar-refractivity contribution in [2.45, 2.75) is 26.7 Å². The molecular weight excluding hydrogens is 370 g/mol. The number of hydrogen-bond acceptors (Lipinski definition) is 5. The molecular formula is C17H27N5O4S. The lowest BCUT2D eigenvalue weighted by Gasteiger charge is -2.32. The molecule has 0 aromatic heterocycles. The van der Waals surface area contributed by atoms with E-state index in [4.69, 9.17) is 5.14 Å². The molecule has 1 fully saturated rings. The second-order valence-electron chi connectivity index (χ2n) is 6.89. The number of piperidine rings is 1. The largest absolute Gasteiger partial charge is 0.325 e. The predicted molar refractivity (Wildman–Crippen MR) is 103 cm³/mol. The second kappa shape index (κ2) is 9.27. The Hall–Kier alpha value is -2.01. The van der Waals surface area contributed by atoms with Gasteiger partial charge in [0, 0.05) is 18.8 Å². The molecule has 1 atom stereocenters. The summed E-state index contributed by atoms with van der Waals surface area (Å²) in [7, 11) is -3.72. The Balaban J connectivity index is 1.80. The number of benzene rings is 1. The first kappa shape index (κ1) is 21.3.